The first-order chi connectivity index (χ1) is 8.95. The minimum Gasteiger partial charge on any atom is -0.311 e. The lowest BCUT2D eigenvalue weighted by Crippen LogP contribution is -2.42. The van der Waals surface area contributed by atoms with Crippen molar-refractivity contribution in [3.63, 3.8) is 0 Å². The fourth-order valence-corrected chi connectivity index (χ4v) is 3.40. The number of nitrogens with zero attached hydrogens (tertiary/aromatic N) is 3. The smallest absolute Gasteiger partial charge is 0.211 e. The van der Waals surface area contributed by atoms with Crippen molar-refractivity contribution in [1.29, 1.82) is 0 Å². The summed E-state index contributed by atoms with van der Waals surface area (Å²) in [7, 11) is -1.15. The van der Waals surface area contributed by atoms with Crippen LogP contribution in [0.3, 0.4) is 0 Å². The molecule has 0 saturated carbocycles. The summed E-state index contributed by atoms with van der Waals surface area (Å²) in [6.45, 7) is 2.86. The van der Waals surface area contributed by atoms with E-state index in [1.807, 2.05) is 19.3 Å². The molecular formula is C12H22N4O2S. The van der Waals surface area contributed by atoms with E-state index in [4.69, 9.17) is 0 Å². The molecule has 0 radical (unpaired) electrons. The second-order valence-electron chi connectivity index (χ2n) is 5.24. The molecule has 2 heterocycles. The molecular weight excluding hydrogens is 264 g/mol. The van der Waals surface area contributed by atoms with Gasteiger partial charge in [-0.25, -0.2) is 12.7 Å². The minimum atomic E-state index is -3.04. The first-order valence-corrected chi connectivity index (χ1v) is 8.44. The van der Waals surface area contributed by atoms with Crippen molar-refractivity contribution in [2.24, 2.45) is 13.0 Å². The third-order valence-corrected chi connectivity index (χ3v) is 4.73. The Morgan fingerprint density at radius 2 is 2.32 bits per heavy atom. The highest BCUT2D eigenvalue weighted by Crippen LogP contribution is 2.17. The van der Waals surface area contributed by atoms with Crippen LogP contribution in [-0.2, 0) is 23.6 Å². The van der Waals surface area contributed by atoms with Crippen LogP contribution in [0.4, 0.5) is 0 Å². The Morgan fingerprint density at radius 3 is 2.95 bits per heavy atom. The molecule has 1 fully saturated rings. The highest BCUT2D eigenvalue weighted by atomic mass is 32.2. The van der Waals surface area contributed by atoms with Gasteiger partial charge in [0.25, 0.3) is 0 Å². The number of hydrogen-bond acceptors (Lipinski definition) is 4. The monoisotopic (exact) mass is 286 g/mol. The Bertz CT molecular complexity index is 512. The van der Waals surface area contributed by atoms with Crippen LogP contribution in [-0.4, -0.2) is 48.4 Å². The van der Waals surface area contributed by atoms with Crippen molar-refractivity contribution >= 4 is 10.0 Å². The fraction of sp³-hybridized carbons (Fsp3) is 0.750. The summed E-state index contributed by atoms with van der Waals surface area (Å²) in [5.41, 5.74) is 1.01. The van der Waals surface area contributed by atoms with Gasteiger partial charge in [0.15, 0.2) is 0 Å². The van der Waals surface area contributed by atoms with Crippen molar-refractivity contribution in [1.82, 2.24) is 19.4 Å². The summed E-state index contributed by atoms with van der Waals surface area (Å²) in [6.07, 6.45) is 5.24. The average Bonchev–Trinajstić information content (AvgIpc) is 2.74. The van der Waals surface area contributed by atoms with Gasteiger partial charge in [0.1, 0.15) is 0 Å². The van der Waals surface area contributed by atoms with E-state index in [1.165, 1.54) is 6.26 Å². The van der Waals surface area contributed by atoms with Crippen LogP contribution < -0.4 is 5.32 Å². The van der Waals surface area contributed by atoms with Crippen LogP contribution in [0.1, 0.15) is 18.5 Å². The molecule has 1 aromatic rings. The van der Waals surface area contributed by atoms with Gasteiger partial charge >= 0.3 is 0 Å². The largest absolute Gasteiger partial charge is 0.311 e. The first kappa shape index (κ1) is 14.5. The summed E-state index contributed by atoms with van der Waals surface area (Å²) in [5.74, 6) is 0.396. The van der Waals surface area contributed by atoms with Crippen molar-refractivity contribution < 1.29 is 8.42 Å². The van der Waals surface area contributed by atoms with Crippen molar-refractivity contribution in [3.8, 4) is 0 Å². The molecule has 1 aliphatic heterocycles. The molecule has 19 heavy (non-hydrogen) atoms. The quantitative estimate of drug-likeness (QED) is 0.838. The number of nitrogens with one attached hydrogen (secondary N) is 1. The van der Waals surface area contributed by atoms with Crippen LogP contribution in [0, 0.1) is 5.92 Å². The lowest BCUT2D eigenvalue weighted by molar-refractivity contribution is 0.261. The van der Waals surface area contributed by atoms with E-state index in [-0.39, 0.29) is 0 Å². The topological polar surface area (TPSA) is 67.2 Å². The molecule has 0 bridgehead atoms. The van der Waals surface area contributed by atoms with Crippen molar-refractivity contribution in [3.05, 3.63) is 18.0 Å². The molecule has 1 aliphatic rings. The Labute approximate surface area is 114 Å². The fourth-order valence-electron chi connectivity index (χ4n) is 2.46. The number of aryl methyl sites for hydroxylation is 1. The number of aromatic nitrogens is 2. The Hall–Kier alpha value is -0.920. The van der Waals surface area contributed by atoms with E-state index in [2.05, 4.69) is 10.4 Å². The lowest BCUT2D eigenvalue weighted by Gasteiger charge is -2.31. The van der Waals surface area contributed by atoms with Crippen LogP contribution in [0.2, 0.25) is 0 Å². The highest BCUT2D eigenvalue weighted by Gasteiger charge is 2.25. The Kier molecular flexibility index (Phi) is 4.59. The molecule has 0 amide bonds. The van der Waals surface area contributed by atoms with E-state index >= 15 is 0 Å². The summed E-state index contributed by atoms with van der Waals surface area (Å²) in [4.78, 5) is 0. The average molecular weight is 286 g/mol. The summed E-state index contributed by atoms with van der Waals surface area (Å²) in [5, 5.41) is 7.65. The zero-order valence-electron chi connectivity index (χ0n) is 11.5. The van der Waals surface area contributed by atoms with Gasteiger partial charge in [-0.15, -0.1) is 0 Å². The van der Waals surface area contributed by atoms with Crippen molar-refractivity contribution in [2.45, 2.75) is 19.4 Å². The first-order valence-electron chi connectivity index (χ1n) is 6.59. The third-order valence-electron chi connectivity index (χ3n) is 3.46. The molecule has 1 saturated heterocycles. The Balaban J connectivity index is 1.77. The van der Waals surface area contributed by atoms with E-state index < -0.39 is 10.0 Å². The summed E-state index contributed by atoms with van der Waals surface area (Å²) in [6, 6.07) is 1.98. The number of piperidine rings is 1. The maximum atomic E-state index is 11.5. The van der Waals surface area contributed by atoms with Gasteiger partial charge in [-0.3, -0.25) is 4.68 Å². The summed E-state index contributed by atoms with van der Waals surface area (Å²) >= 11 is 0. The maximum Gasteiger partial charge on any atom is 0.211 e. The molecule has 0 aromatic carbocycles. The van der Waals surface area contributed by atoms with Crippen LogP contribution in [0.25, 0.3) is 0 Å². The normalized spacial score (nSPS) is 21.7. The molecule has 1 unspecified atom stereocenters. The van der Waals surface area contributed by atoms with E-state index in [0.29, 0.717) is 19.0 Å². The van der Waals surface area contributed by atoms with Crippen LogP contribution in [0.5, 0.6) is 0 Å². The molecule has 7 heteroatoms. The number of rotatable bonds is 5. The second-order valence-corrected chi connectivity index (χ2v) is 7.22. The standard InChI is InChI=1S/C12H22N4O2S/c1-15-7-5-12(14-15)9-13-8-11-4-3-6-16(10-11)19(2,17)18/h5,7,11,13H,3-4,6,8-10H2,1-2H3. The lowest BCUT2D eigenvalue weighted by atomic mass is 10.00. The zero-order chi connectivity index (χ0) is 13.9. The predicted molar refractivity (Wildman–Crippen MR) is 74.1 cm³/mol. The third kappa shape index (κ3) is 4.29. The van der Waals surface area contributed by atoms with E-state index in [1.54, 1.807) is 8.99 Å². The van der Waals surface area contributed by atoms with Crippen LogP contribution >= 0.6 is 0 Å². The van der Waals surface area contributed by atoms with Gasteiger partial charge in [-0.1, -0.05) is 0 Å². The van der Waals surface area contributed by atoms with Crippen molar-refractivity contribution in [2.75, 3.05) is 25.9 Å². The molecule has 0 spiro atoms. The van der Waals surface area contributed by atoms with Gasteiger partial charge in [0.05, 0.1) is 11.9 Å². The van der Waals surface area contributed by atoms with Gasteiger partial charge < -0.3 is 5.32 Å². The molecule has 108 valence electrons. The molecule has 0 aliphatic carbocycles. The van der Waals surface area contributed by atoms with E-state index in [9.17, 15) is 8.42 Å². The van der Waals surface area contributed by atoms with E-state index in [0.717, 1.165) is 31.6 Å². The predicted octanol–water partition coefficient (Wildman–Crippen LogP) is 0.181. The molecule has 1 atom stereocenters. The second kappa shape index (κ2) is 6.02. The molecule has 1 N–H and O–H groups in total. The van der Waals surface area contributed by atoms with Gasteiger partial charge in [-0.05, 0) is 31.4 Å². The van der Waals surface area contributed by atoms with Gasteiger partial charge in [0, 0.05) is 32.9 Å². The number of hydrogen-bond donors (Lipinski definition) is 1. The van der Waals surface area contributed by atoms with Gasteiger partial charge in [0.2, 0.25) is 10.0 Å². The molecule has 2 rings (SSSR count). The SMILES string of the molecule is Cn1ccc(CNCC2CCCN(S(C)(=O)=O)C2)n1. The molecule has 1 aromatic heterocycles. The van der Waals surface area contributed by atoms with Gasteiger partial charge in [-0.2, -0.15) is 5.10 Å². The minimum absolute atomic E-state index is 0.396. The highest BCUT2D eigenvalue weighted by molar-refractivity contribution is 7.88. The van der Waals surface area contributed by atoms with Crippen LogP contribution in [0.15, 0.2) is 12.3 Å². The summed E-state index contributed by atoms with van der Waals surface area (Å²) < 4.78 is 26.4. The number of sulfonamides is 1. The Morgan fingerprint density at radius 1 is 1.53 bits per heavy atom. The zero-order valence-corrected chi connectivity index (χ0v) is 12.4. The molecule has 6 nitrogen and oxygen atoms in total. The maximum absolute atomic E-state index is 11.5.